The Labute approximate surface area is 103 Å². The Morgan fingerprint density at radius 1 is 1.50 bits per heavy atom. The van der Waals surface area contributed by atoms with Gasteiger partial charge in [0.05, 0.1) is 18.6 Å². The number of carbonyl (C=O) groups excluding carboxylic acids is 1. The molecule has 1 amide bonds. The number of aryl methyl sites for hydroxylation is 1. The van der Waals surface area contributed by atoms with Crippen molar-refractivity contribution >= 4 is 27.5 Å². The lowest BCUT2D eigenvalue weighted by Crippen LogP contribution is -2.49. The second kappa shape index (κ2) is 4.18. The van der Waals surface area contributed by atoms with E-state index in [1.54, 1.807) is 0 Å². The first-order valence-electron chi connectivity index (χ1n) is 5.17. The van der Waals surface area contributed by atoms with Crippen LogP contribution >= 0.6 is 15.9 Å². The van der Waals surface area contributed by atoms with Crippen LogP contribution in [0.3, 0.4) is 0 Å². The summed E-state index contributed by atoms with van der Waals surface area (Å²) in [5.41, 5.74) is 1.58. The van der Waals surface area contributed by atoms with E-state index in [1.165, 1.54) is 0 Å². The van der Waals surface area contributed by atoms with Gasteiger partial charge in [-0.1, -0.05) is 15.9 Å². The van der Waals surface area contributed by atoms with E-state index in [0.29, 0.717) is 13.2 Å². The first-order valence-corrected chi connectivity index (χ1v) is 5.96. The minimum Gasteiger partial charge on any atom is -0.379 e. The van der Waals surface area contributed by atoms with Crippen molar-refractivity contribution < 1.29 is 9.53 Å². The second-order valence-corrected chi connectivity index (χ2v) is 5.33. The number of nitrogens with one attached hydrogen (secondary N) is 1. The Bertz CT molecular complexity index is 427. The van der Waals surface area contributed by atoms with Crippen molar-refractivity contribution in [3.63, 3.8) is 0 Å². The quantitative estimate of drug-likeness (QED) is 0.906. The van der Waals surface area contributed by atoms with Gasteiger partial charge in [-0.05, 0) is 37.6 Å². The first kappa shape index (κ1) is 11.6. The Morgan fingerprint density at radius 2 is 2.19 bits per heavy atom. The van der Waals surface area contributed by atoms with Gasteiger partial charge in [0.1, 0.15) is 0 Å². The number of ether oxygens (including phenoxy) is 1. The molecule has 2 rings (SSSR count). The van der Waals surface area contributed by atoms with E-state index < -0.39 is 0 Å². The molecule has 1 saturated heterocycles. The molecule has 0 radical (unpaired) electrons. The number of benzene rings is 1. The lowest BCUT2D eigenvalue weighted by molar-refractivity contribution is -0.151. The molecule has 1 heterocycles. The first-order chi connectivity index (χ1) is 7.51. The molecule has 86 valence electrons. The van der Waals surface area contributed by atoms with E-state index in [4.69, 9.17) is 4.74 Å². The maximum absolute atomic E-state index is 11.9. The van der Waals surface area contributed by atoms with Crippen molar-refractivity contribution in [2.24, 2.45) is 5.41 Å². The summed E-state index contributed by atoms with van der Waals surface area (Å²) < 4.78 is 6.12. The molecule has 0 spiro atoms. The van der Waals surface area contributed by atoms with Crippen LogP contribution in [0.1, 0.15) is 12.5 Å². The fraction of sp³-hybridized carbons (Fsp3) is 0.417. The van der Waals surface area contributed by atoms with Gasteiger partial charge in [0.2, 0.25) is 5.91 Å². The smallest absolute Gasteiger partial charge is 0.234 e. The van der Waals surface area contributed by atoms with Gasteiger partial charge >= 0.3 is 0 Å². The van der Waals surface area contributed by atoms with Gasteiger partial charge in [0.25, 0.3) is 0 Å². The molecular weight excluding hydrogens is 270 g/mol. The van der Waals surface area contributed by atoms with Crippen LogP contribution in [0.5, 0.6) is 0 Å². The molecule has 16 heavy (non-hydrogen) atoms. The molecule has 0 aliphatic carbocycles. The van der Waals surface area contributed by atoms with E-state index >= 15 is 0 Å². The third kappa shape index (κ3) is 2.13. The third-order valence-electron chi connectivity index (χ3n) is 2.81. The van der Waals surface area contributed by atoms with E-state index in [9.17, 15) is 4.79 Å². The zero-order valence-corrected chi connectivity index (χ0v) is 10.9. The zero-order valence-electron chi connectivity index (χ0n) is 9.34. The molecule has 3 nitrogen and oxygen atoms in total. The number of hydrogen-bond acceptors (Lipinski definition) is 2. The molecule has 0 unspecified atom stereocenters. The van der Waals surface area contributed by atoms with Gasteiger partial charge in [-0.25, -0.2) is 0 Å². The topological polar surface area (TPSA) is 38.3 Å². The number of halogens is 1. The Morgan fingerprint density at radius 3 is 2.69 bits per heavy atom. The summed E-state index contributed by atoms with van der Waals surface area (Å²) in [5.74, 6) is 0.0282. The van der Waals surface area contributed by atoms with Gasteiger partial charge < -0.3 is 10.1 Å². The molecule has 1 fully saturated rings. The van der Waals surface area contributed by atoms with Gasteiger partial charge in [-0.15, -0.1) is 0 Å². The third-order valence-corrected chi connectivity index (χ3v) is 3.70. The van der Waals surface area contributed by atoms with Crippen LogP contribution in [-0.4, -0.2) is 19.1 Å². The van der Waals surface area contributed by atoms with E-state index in [2.05, 4.69) is 21.2 Å². The predicted octanol–water partition coefficient (Wildman–Crippen LogP) is 2.73. The number of anilines is 1. The standard InChI is InChI=1S/C12H14BrNO2/c1-8-5-9(3-4-10(8)13)14-11(15)12(2)6-16-7-12/h3-5H,6-7H2,1-2H3,(H,14,15). The summed E-state index contributed by atoms with van der Waals surface area (Å²) >= 11 is 3.43. The summed E-state index contributed by atoms with van der Waals surface area (Å²) in [5, 5.41) is 2.91. The minimum atomic E-state index is -0.360. The highest BCUT2D eigenvalue weighted by atomic mass is 79.9. The van der Waals surface area contributed by atoms with Crippen molar-refractivity contribution in [2.75, 3.05) is 18.5 Å². The van der Waals surface area contributed by atoms with Crippen LogP contribution < -0.4 is 5.32 Å². The molecule has 0 aromatic heterocycles. The van der Waals surface area contributed by atoms with E-state index in [1.807, 2.05) is 32.0 Å². The summed E-state index contributed by atoms with van der Waals surface area (Å²) in [6.07, 6.45) is 0. The number of hydrogen-bond donors (Lipinski definition) is 1. The highest BCUT2D eigenvalue weighted by molar-refractivity contribution is 9.10. The van der Waals surface area contributed by atoms with Gasteiger partial charge in [0, 0.05) is 10.2 Å². The summed E-state index contributed by atoms with van der Waals surface area (Å²) in [6, 6.07) is 5.77. The largest absolute Gasteiger partial charge is 0.379 e. The molecular formula is C12H14BrNO2. The van der Waals surface area contributed by atoms with Crippen molar-refractivity contribution in [1.82, 2.24) is 0 Å². The zero-order chi connectivity index (χ0) is 11.8. The SMILES string of the molecule is Cc1cc(NC(=O)C2(C)COC2)ccc1Br. The van der Waals surface area contributed by atoms with Crippen LogP contribution in [0.25, 0.3) is 0 Å². The van der Waals surface area contributed by atoms with Crippen LogP contribution in [0.4, 0.5) is 5.69 Å². The Balaban J connectivity index is 2.09. The summed E-state index contributed by atoms with van der Waals surface area (Å²) in [4.78, 5) is 11.9. The molecule has 1 N–H and O–H groups in total. The Kier molecular flexibility index (Phi) is 3.04. The highest BCUT2D eigenvalue weighted by Crippen LogP contribution is 2.29. The maximum atomic E-state index is 11.9. The van der Waals surface area contributed by atoms with Crippen molar-refractivity contribution in [2.45, 2.75) is 13.8 Å². The molecule has 0 bridgehead atoms. The molecule has 0 saturated carbocycles. The minimum absolute atomic E-state index is 0.0282. The van der Waals surface area contributed by atoms with Gasteiger partial charge in [-0.3, -0.25) is 4.79 Å². The lowest BCUT2D eigenvalue weighted by atomic mass is 9.87. The predicted molar refractivity (Wildman–Crippen MR) is 66.4 cm³/mol. The van der Waals surface area contributed by atoms with E-state index in [0.717, 1.165) is 15.7 Å². The summed E-state index contributed by atoms with van der Waals surface area (Å²) in [7, 11) is 0. The maximum Gasteiger partial charge on any atom is 0.234 e. The second-order valence-electron chi connectivity index (χ2n) is 4.47. The number of carbonyl (C=O) groups is 1. The number of amides is 1. The monoisotopic (exact) mass is 283 g/mol. The normalized spacial score (nSPS) is 17.7. The lowest BCUT2D eigenvalue weighted by Gasteiger charge is -2.36. The van der Waals surface area contributed by atoms with Crippen molar-refractivity contribution in [1.29, 1.82) is 0 Å². The van der Waals surface area contributed by atoms with Gasteiger partial charge in [-0.2, -0.15) is 0 Å². The van der Waals surface area contributed by atoms with Crippen LogP contribution in [0.2, 0.25) is 0 Å². The van der Waals surface area contributed by atoms with Crippen LogP contribution in [0.15, 0.2) is 22.7 Å². The van der Waals surface area contributed by atoms with Crippen molar-refractivity contribution in [3.05, 3.63) is 28.2 Å². The Hall–Kier alpha value is -0.870. The molecule has 4 heteroatoms. The highest BCUT2D eigenvalue weighted by Gasteiger charge is 2.41. The van der Waals surface area contributed by atoms with Gasteiger partial charge in [0.15, 0.2) is 0 Å². The van der Waals surface area contributed by atoms with Crippen LogP contribution in [0, 0.1) is 12.3 Å². The molecule has 1 aromatic carbocycles. The summed E-state index contributed by atoms with van der Waals surface area (Å²) in [6.45, 7) is 4.92. The van der Waals surface area contributed by atoms with E-state index in [-0.39, 0.29) is 11.3 Å². The molecule has 0 atom stereocenters. The fourth-order valence-corrected chi connectivity index (χ4v) is 1.79. The average molecular weight is 284 g/mol. The number of rotatable bonds is 2. The molecule has 1 aliphatic rings. The average Bonchev–Trinajstić information content (AvgIpc) is 2.20. The fourth-order valence-electron chi connectivity index (χ4n) is 1.54. The van der Waals surface area contributed by atoms with Crippen LogP contribution in [-0.2, 0) is 9.53 Å². The van der Waals surface area contributed by atoms with Crippen molar-refractivity contribution in [3.8, 4) is 0 Å². The molecule has 1 aliphatic heterocycles. The molecule has 1 aromatic rings.